The first kappa shape index (κ1) is 23.3. The number of carbonyl (C=O) groups excluding carboxylic acids is 1. The molecule has 0 unspecified atom stereocenters. The van der Waals surface area contributed by atoms with E-state index in [0.717, 1.165) is 10.5 Å². The predicted molar refractivity (Wildman–Crippen MR) is 118 cm³/mol. The summed E-state index contributed by atoms with van der Waals surface area (Å²) >= 11 is 1.44. The van der Waals surface area contributed by atoms with Crippen molar-refractivity contribution in [3.05, 3.63) is 47.5 Å². The molecular weight excluding hydrogens is 408 g/mol. The Labute approximate surface area is 177 Å². The van der Waals surface area contributed by atoms with E-state index in [1.807, 2.05) is 38.3 Å². The van der Waals surface area contributed by atoms with E-state index in [9.17, 15) is 13.2 Å². The minimum atomic E-state index is -3.72. The number of thioether (sulfide) groups is 1. The van der Waals surface area contributed by atoms with Crippen molar-refractivity contribution in [2.75, 3.05) is 24.7 Å². The summed E-state index contributed by atoms with van der Waals surface area (Å²) in [4.78, 5) is 12.9. The van der Waals surface area contributed by atoms with E-state index in [-0.39, 0.29) is 29.9 Å². The van der Waals surface area contributed by atoms with Gasteiger partial charge in [-0.05, 0) is 61.6 Å². The van der Waals surface area contributed by atoms with Gasteiger partial charge in [0.25, 0.3) is 0 Å². The number of carbonyl (C=O) groups is 1. The van der Waals surface area contributed by atoms with E-state index in [1.165, 1.54) is 29.5 Å². The van der Waals surface area contributed by atoms with E-state index in [1.54, 1.807) is 19.9 Å². The van der Waals surface area contributed by atoms with Gasteiger partial charge in [-0.2, -0.15) is 0 Å². The quantitative estimate of drug-likeness (QED) is 0.459. The SMILES string of the molecule is CSc1ccc(S(=O)(=O)NCCOc2ccc(C)c(C)c2)cc1NC(=O)C(C)C. The number of aryl methyl sites for hydroxylation is 2. The molecule has 2 N–H and O–H groups in total. The maximum Gasteiger partial charge on any atom is 0.240 e. The molecular formula is C21H28N2O4S2. The summed E-state index contributed by atoms with van der Waals surface area (Å²) in [7, 11) is -3.72. The second-order valence-corrected chi connectivity index (χ2v) is 9.61. The van der Waals surface area contributed by atoms with Gasteiger partial charge in [0.1, 0.15) is 12.4 Å². The minimum Gasteiger partial charge on any atom is -0.492 e. The Bertz CT molecular complexity index is 973. The summed E-state index contributed by atoms with van der Waals surface area (Å²) in [5.74, 6) is 0.338. The fourth-order valence-corrected chi connectivity index (χ4v) is 4.03. The molecule has 0 radical (unpaired) electrons. The van der Waals surface area contributed by atoms with Crippen molar-refractivity contribution in [1.82, 2.24) is 4.72 Å². The zero-order valence-electron chi connectivity index (χ0n) is 17.4. The lowest BCUT2D eigenvalue weighted by atomic mass is 10.1. The average Bonchev–Trinajstić information content (AvgIpc) is 2.67. The van der Waals surface area contributed by atoms with Crippen LogP contribution in [-0.2, 0) is 14.8 Å². The van der Waals surface area contributed by atoms with Gasteiger partial charge in [0.2, 0.25) is 15.9 Å². The Balaban J connectivity index is 2.04. The zero-order chi connectivity index (χ0) is 21.6. The van der Waals surface area contributed by atoms with Crippen LogP contribution in [0, 0.1) is 19.8 Å². The van der Waals surface area contributed by atoms with Crippen LogP contribution in [-0.4, -0.2) is 33.7 Å². The van der Waals surface area contributed by atoms with Gasteiger partial charge >= 0.3 is 0 Å². The fraction of sp³-hybridized carbons (Fsp3) is 0.381. The molecule has 158 valence electrons. The van der Waals surface area contributed by atoms with Gasteiger partial charge in [-0.15, -0.1) is 11.8 Å². The second-order valence-electron chi connectivity index (χ2n) is 7.00. The standard InChI is InChI=1S/C21H28N2O4S2/c1-14(2)21(24)23-19-13-18(8-9-20(19)28-5)29(25,26)22-10-11-27-17-7-6-15(3)16(4)12-17/h6-9,12-14,22H,10-11H2,1-5H3,(H,23,24). The Morgan fingerprint density at radius 2 is 1.83 bits per heavy atom. The molecule has 6 nitrogen and oxygen atoms in total. The van der Waals surface area contributed by atoms with Gasteiger partial charge in [0.15, 0.2) is 0 Å². The lowest BCUT2D eigenvalue weighted by Crippen LogP contribution is -2.28. The molecule has 0 aliphatic rings. The highest BCUT2D eigenvalue weighted by Crippen LogP contribution is 2.28. The van der Waals surface area contributed by atoms with Crippen LogP contribution in [0.15, 0.2) is 46.2 Å². The van der Waals surface area contributed by atoms with E-state index in [0.29, 0.717) is 11.4 Å². The van der Waals surface area contributed by atoms with Crippen molar-refractivity contribution in [3.8, 4) is 5.75 Å². The van der Waals surface area contributed by atoms with E-state index in [2.05, 4.69) is 10.0 Å². The third kappa shape index (κ3) is 6.48. The molecule has 0 heterocycles. The Kier molecular flexibility index (Phi) is 8.13. The molecule has 0 aliphatic heterocycles. The van der Waals surface area contributed by atoms with Gasteiger partial charge in [-0.25, -0.2) is 13.1 Å². The number of hydrogen-bond acceptors (Lipinski definition) is 5. The third-order valence-corrected chi connectivity index (χ3v) is 6.66. The third-order valence-electron chi connectivity index (χ3n) is 4.40. The summed E-state index contributed by atoms with van der Waals surface area (Å²) in [5.41, 5.74) is 2.78. The van der Waals surface area contributed by atoms with Gasteiger partial charge in [-0.1, -0.05) is 19.9 Å². The summed E-state index contributed by atoms with van der Waals surface area (Å²) in [6.07, 6.45) is 1.87. The lowest BCUT2D eigenvalue weighted by Gasteiger charge is -2.14. The van der Waals surface area contributed by atoms with Crippen molar-refractivity contribution in [2.24, 2.45) is 5.92 Å². The van der Waals surface area contributed by atoms with Crippen LogP contribution in [0.2, 0.25) is 0 Å². The van der Waals surface area contributed by atoms with Gasteiger partial charge in [0.05, 0.1) is 10.6 Å². The minimum absolute atomic E-state index is 0.0977. The summed E-state index contributed by atoms with van der Waals surface area (Å²) in [5, 5.41) is 2.80. The topological polar surface area (TPSA) is 84.5 Å². The van der Waals surface area contributed by atoms with Crippen LogP contribution >= 0.6 is 11.8 Å². The second kappa shape index (κ2) is 10.1. The molecule has 0 saturated heterocycles. The highest BCUT2D eigenvalue weighted by atomic mass is 32.2. The molecule has 2 rings (SSSR count). The first-order valence-corrected chi connectivity index (χ1v) is 12.0. The molecule has 0 spiro atoms. The van der Waals surface area contributed by atoms with Crippen molar-refractivity contribution in [3.63, 3.8) is 0 Å². The van der Waals surface area contributed by atoms with Crippen LogP contribution in [0.3, 0.4) is 0 Å². The van der Waals surface area contributed by atoms with Crippen LogP contribution in [0.4, 0.5) is 5.69 Å². The van der Waals surface area contributed by atoms with Gasteiger partial charge in [0, 0.05) is 17.4 Å². The van der Waals surface area contributed by atoms with E-state index in [4.69, 9.17) is 4.74 Å². The molecule has 0 bridgehead atoms. The first-order chi connectivity index (χ1) is 13.6. The average molecular weight is 437 g/mol. The monoisotopic (exact) mass is 436 g/mol. The van der Waals surface area contributed by atoms with Gasteiger partial charge < -0.3 is 10.1 Å². The van der Waals surface area contributed by atoms with Crippen molar-refractivity contribution < 1.29 is 17.9 Å². The molecule has 1 amide bonds. The smallest absolute Gasteiger partial charge is 0.240 e. The summed E-state index contributed by atoms with van der Waals surface area (Å²) in [6.45, 7) is 7.93. The molecule has 29 heavy (non-hydrogen) atoms. The van der Waals surface area contributed by atoms with Crippen LogP contribution in [0.5, 0.6) is 5.75 Å². The normalized spacial score (nSPS) is 11.5. The van der Waals surface area contributed by atoms with Crippen LogP contribution < -0.4 is 14.8 Å². The number of rotatable bonds is 9. The molecule has 8 heteroatoms. The maximum atomic E-state index is 12.6. The number of benzene rings is 2. The fourth-order valence-electron chi connectivity index (χ4n) is 2.46. The number of anilines is 1. The van der Waals surface area contributed by atoms with Crippen molar-refractivity contribution in [2.45, 2.75) is 37.5 Å². The number of hydrogen-bond donors (Lipinski definition) is 2. The van der Waals surface area contributed by atoms with Crippen molar-refractivity contribution in [1.29, 1.82) is 0 Å². The molecule has 0 saturated carbocycles. The van der Waals surface area contributed by atoms with E-state index < -0.39 is 10.0 Å². The molecule has 2 aromatic carbocycles. The molecule has 0 aliphatic carbocycles. The maximum absolute atomic E-state index is 12.6. The highest BCUT2D eigenvalue weighted by molar-refractivity contribution is 7.98. The largest absolute Gasteiger partial charge is 0.492 e. The predicted octanol–water partition coefficient (Wildman–Crippen LogP) is 3.98. The van der Waals surface area contributed by atoms with Gasteiger partial charge in [-0.3, -0.25) is 4.79 Å². The number of nitrogens with one attached hydrogen (secondary N) is 2. The lowest BCUT2D eigenvalue weighted by molar-refractivity contribution is -0.118. The highest BCUT2D eigenvalue weighted by Gasteiger charge is 2.17. The zero-order valence-corrected chi connectivity index (χ0v) is 19.0. The van der Waals surface area contributed by atoms with E-state index >= 15 is 0 Å². The Morgan fingerprint density at radius 1 is 1.10 bits per heavy atom. The summed E-state index contributed by atoms with van der Waals surface area (Å²) in [6, 6.07) is 10.5. The van der Waals surface area contributed by atoms with Crippen LogP contribution in [0.25, 0.3) is 0 Å². The Hall–Kier alpha value is -2.03. The first-order valence-electron chi connectivity index (χ1n) is 9.32. The van der Waals surface area contributed by atoms with Crippen LogP contribution in [0.1, 0.15) is 25.0 Å². The Morgan fingerprint density at radius 3 is 2.45 bits per heavy atom. The number of ether oxygens (including phenoxy) is 1. The molecule has 0 fully saturated rings. The molecule has 0 atom stereocenters. The number of sulfonamides is 1. The molecule has 2 aromatic rings. The molecule has 0 aromatic heterocycles. The number of amides is 1. The summed E-state index contributed by atoms with van der Waals surface area (Å²) < 4.78 is 33.4. The van der Waals surface area contributed by atoms with Crippen molar-refractivity contribution >= 4 is 33.4 Å².